The van der Waals surface area contributed by atoms with E-state index in [1.807, 2.05) is 0 Å². The number of rotatable bonds is 10. The Balaban J connectivity index is 1.43. The summed E-state index contributed by atoms with van der Waals surface area (Å²) >= 11 is 0. The van der Waals surface area contributed by atoms with Gasteiger partial charge in [0.25, 0.3) is 0 Å². The second-order valence-corrected chi connectivity index (χ2v) is 13.0. The van der Waals surface area contributed by atoms with Gasteiger partial charge in [0.15, 0.2) is 0 Å². The molecule has 4 rings (SSSR count). The fraction of sp³-hybridized carbons (Fsp3) is 0.657. The van der Waals surface area contributed by atoms with Crippen LogP contribution in [0.15, 0.2) is 42.5 Å². The van der Waals surface area contributed by atoms with Gasteiger partial charge in [0.2, 0.25) is 0 Å². The Morgan fingerprint density at radius 2 is 1.41 bits per heavy atom. The topological polar surface area (TPSA) is 6.48 Å². The van der Waals surface area contributed by atoms with Crippen LogP contribution in [-0.2, 0) is 19.5 Å². The fourth-order valence-corrected chi connectivity index (χ4v) is 6.62. The van der Waals surface area contributed by atoms with Gasteiger partial charge in [0.05, 0.1) is 0 Å². The quantitative estimate of drug-likeness (QED) is 0.321. The third kappa shape index (κ3) is 7.93. The average molecular weight is 503 g/mol. The molecule has 0 amide bonds. The lowest BCUT2D eigenvalue weighted by molar-refractivity contribution is 0.152. The molecule has 37 heavy (non-hydrogen) atoms. The Morgan fingerprint density at radius 3 is 2.05 bits per heavy atom. The number of hydrogen-bond acceptors (Lipinski definition) is 2. The van der Waals surface area contributed by atoms with Gasteiger partial charge in [-0.15, -0.1) is 0 Å². The Hall–Kier alpha value is -1.64. The molecule has 2 nitrogen and oxygen atoms in total. The number of benzene rings is 2. The van der Waals surface area contributed by atoms with Crippen LogP contribution in [0, 0.1) is 17.8 Å². The molecule has 0 radical (unpaired) electrons. The van der Waals surface area contributed by atoms with E-state index in [4.69, 9.17) is 0 Å². The first-order valence-corrected chi connectivity index (χ1v) is 15.5. The third-order valence-corrected chi connectivity index (χ3v) is 9.60. The van der Waals surface area contributed by atoms with E-state index in [1.165, 1.54) is 75.0 Å². The maximum atomic E-state index is 2.70. The number of hydrogen-bond donors (Lipinski definition) is 0. The zero-order chi connectivity index (χ0) is 26.4. The van der Waals surface area contributed by atoms with Crippen molar-refractivity contribution < 1.29 is 0 Å². The molecule has 2 fully saturated rings. The van der Waals surface area contributed by atoms with Crippen molar-refractivity contribution in [3.8, 4) is 0 Å². The summed E-state index contributed by atoms with van der Waals surface area (Å²) < 4.78 is 0. The van der Waals surface area contributed by atoms with Crippen molar-refractivity contribution in [2.75, 3.05) is 26.2 Å². The molecule has 2 heteroatoms. The van der Waals surface area contributed by atoms with Crippen LogP contribution in [0.2, 0.25) is 0 Å². The number of piperidine rings is 2. The van der Waals surface area contributed by atoms with Gasteiger partial charge in [-0.3, -0.25) is 9.80 Å². The van der Waals surface area contributed by atoms with E-state index >= 15 is 0 Å². The van der Waals surface area contributed by atoms with E-state index in [9.17, 15) is 0 Å². The zero-order valence-electron chi connectivity index (χ0n) is 24.8. The maximum Gasteiger partial charge on any atom is 0.0236 e. The lowest BCUT2D eigenvalue weighted by Gasteiger charge is -2.34. The molecule has 2 aromatic rings. The molecule has 0 saturated carbocycles. The molecule has 0 aromatic heterocycles. The SMILES string of the molecule is CCC1CCN(Cc2ccc(C(C)C)cc2CC(C)c2cccc(CN3CCC(C(C)C)CC3)c2)CC1. The molecule has 2 aliphatic heterocycles. The van der Waals surface area contributed by atoms with E-state index in [-0.39, 0.29) is 0 Å². The first-order valence-electron chi connectivity index (χ1n) is 15.5. The normalized spacial score (nSPS) is 19.7. The second-order valence-electron chi connectivity index (χ2n) is 13.0. The van der Waals surface area contributed by atoms with E-state index in [1.54, 1.807) is 11.1 Å². The minimum atomic E-state index is 0.526. The van der Waals surface area contributed by atoms with Crippen LogP contribution in [0.4, 0.5) is 0 Å². The van der Waals surface area contributed by atoms with Gasteiger partial charge in [-0.25, -0.2) is 0 Å². The highest BCUT2D eigenvalue weighted by atomic mass is 15.1. The molecule has 0 aliphatic carbocycles. The minimum Gasteiger partial charge on any atom is -0.299 e. The van der Waals surface area contributed by atoms with Crippen molar-refractivity contribution in [2.24, 2.45) is 17.8 Å². The molecule has 0 spiro atoms. The Morgan fingerprint density at radius 1 is 0.730 bits per heavy atom. The van der Waals surface area contributed by atoms with Crippen LogP contribution < -0.4 is 0 Å². The van der Waals surface area contributed by atoms with Crippen LogP contribution in [0.5, 0.6) is 0 Å². The van der Waals surface area contributed by atoms with E-state index in [2.05, 4.69) is 93.8 Å². The molecule has 2 aromatic carbocycles. The summed E-state index contributed by atoms with van der Waals surface area (Å²) in [5.41, 5.74) is 7.59. The zero-order valence-corrected chi connectivity index (χ0v) is 24.8. The summed E-state index contributed by atoms with van der Waals surface area (Å²) in [7, 11) is 0. The van der Waals surface area contributed by atoms with Gasteiger partial charge < -0.3 is 0 Å². The van der Waals surface area contributed by atoms with Gasteiger partial charge in [0, 0.05) is 13.1 Å². The van der Waals surface area contributed by atoms with Gasteiger partial charge in [-0.05, 0) is 116 Å². The number of likely N-dealkylation sites (tertiary alicyclic amines) is 2. The molecule has 2 heterocycles. The van der Waals surface area contributed by atoms with E-state index < -0.39 is 0 Å². The summed E-state index contributed by atoms with van der Waals surface area (Å²) in [6.45, 7) is 21.5. The molecule has 204 valence electrons. The first kappa shape index (κ1) is 28.4. The minimum absolute atomic E-state index is 0.526. The maximum absolute atomic E-state index is 2.70. The molecule has 2 aliphatic rings. The van der Waals surface area contributed by atoms with Crippen LogP contribution in [0.1, 0.15) is 113 Å². The predicted molar refractivity (Wildman–Crippen MR) is 160 cm³/mol. The molecule has 0 N–H and O–H groups in total. The van der Waals surface area contributed by atoms with Crippen LogP contribution in [-0.4, -0.2) is 36.0 Å². The van der Waals surface area contributed by atoms with Crippen molar-refractivity contribution in [2.45, 2.75) is 105 Å². The smallest absolute Gasteiger partial charge is 0.0236 e. The van der Waals surface area contributed by atoms with Gasteiger partial charge in [-0.1, -0.05) is 90.4 Å². The largest absolute Gasteiger partial charge is 0.299 e. The highest BCUT2D eigenvalue weighted by Crippen LogP contribution is 2.30. The monoisotopic (exact) mass is 502 g/mol. The summed E-state index contributed by atoms with van der Waals surface area (Å²) in [5, 5.41) is 0. The molecule has 2 saturated heterocycles. The van der Waals surface area contributed by atoms with Gasteiger partial charge in [-0.2, -0.15) is 0 Å². The van der Waals surface area contributed by atoms with Crippen LogP contribution in [0.3, 0.4) is 0 Å². The second kappa shape index (κ2) is 13.4. The van der Waals surface area contributed by atoms with E-state index in [0.29, 0.717) is 11.8 Å². The highest BCUT2D eigenvalue weighted by molar-refractivity contribution is 5.36. The summed E-state index contributed by atoms with van der Waals surface area (Å²) in [6, 6.07) is 16.9. The summed E-state index contributed by atoms with van der Waals surface area (Å²) in [4.78, 5) is 5.38. The Labute approximate surface area is 228 Å². The van der Waals surface area contributed by atoms with Crippen LogP contribution >= 0.6 is 0 Å². The van der Waals surface area contributed by atoms with Crippen LogP contribution in [0.25, 0.3) is 0 Å². The summed E-state index contributed by atoms with van der Waals surface area (Å²) in [5.74, 6) is 3.78. The summed E-state index contributed by atoms with van der Waals surface area (Å²) in [6.07, 6.45) is 7.93. The van der Waals surface area contributed by atoms with Crippen molar-refractivity contribution in [1.82, 2.24) is 9.80 Å². The third-order valence-electron chi connectivity index (χ3n) is 9.60. The standard InChI is InChI=1S/C35H54N2/c1-7-29-13-17-37(18-14-29)25-34-12-11-32(27(4)5)23-35(34)21-28(6)33-10-8-9-30(22-33)24-36-19-15-31(16-20-36)26(2)3/h8-12,22-23,26-29,31H,7,13-21,24-25H2,1-6H3. The number of nitrogens with zero attached hydrogens (tertiary/aromatic N) is 2. The van der Waals surface area contributed by atoms with E-state index in [0.717, 1.165) is 37.3 Å². The average Bonchev–Trinajstić information content (AvgIpc) is 2.90. The van der Waals surface area contributed by atoms with Crippen molar-refractivity contribution in [1.29, 1.82) is 0 Å². The van der Waals surface area contributed by atoms with Crippen molar-refractivity contribution >= 4 is 0 Å². The first-order chi connectivity index (χ1) is 17.8. The van der Waals surface area contributed by atoms with Crippen molar-refractivity contribution in [3.05, 3.63) is 70.3 Å². The van der Waals surface area contributed by atoms with Gasteiger partial charge in [0.1, 0.15) is 0 Å². The molecule has 1 unspecified atom stereocenters. The molecule has 0 bridgehead atoms. The fourth-order valence-electron chi connectivity index (χ4n) is 6.62. The molecular weight excluding hydrogens is 448 g/mol. The molecular formula is C35H54N2. The lowest BCUT2D eigenvalue weighted by Crippen LogP contribution is -2.34. The Kier molecular flexibility index (Phi) is 10.3. The molecule has 1 atom stereocenters. The Bertz CT molecular complexity index is 961. The van der Waals surface area contributed by atoms with Crippen molar-refractivity contribution in [3.63, 3.8) is 0 Å². The van der Waals surface area contributed by atoms with Gasteiger partial charge >= 0.3 is 0 Å². The lowest BCUT2D eigenvalue weighted by atomic mass is 9.86. The highest BCUT2D eigenvalue weighted by Gasteiger charge is 2.22. The predicted octanol–water partition coefficient (Wildman–Crippen LogP) is 8.65.